The van der Waals surface area contributed by atoms with Gasteiger partial charge >= 0.3 is 0 Å². The molecule has 3 aromatic heterocycles. The fourth-order valence-corrected chi connectivity index (χ4v) is 3.18. The minimum absolute atomic E-state index is 0.690. The number of hydrogen-bond acceptors (Lipinski definition) is 4. The highest BCUT2D eigenvalue weighted by Crippen LogP contribution is 2.28. The molecule has 0 aliphatic rings. The summed E-state index contributed by atoms with van der Waals surface area (Å²) in [5.74, 6) is 0.757. The predicted molar refractivity (Wildman–Crippen MR) is 91.0 cm³/mol. The molecule has 0 saturated carbocycles. The van der Waals surface area contributed by atoms with Crippen LogP contribution in [0.1, 0.15) is 0 Å². The normalized spacial score (nSPS) is 11.0. The first-order valence-electron chi connectivity index (χ1n) is 6.70. The number of rotatable bonds is 3. The first kappa shape index (κ1) is 13.3. The van der Waals surface area contributed by atoms with Gasteiger partial charge in [0.25, 0.3) is 0 Å². The molecule has 108 valence electrons. The van der Waals surface area contributed by atoms with Crippen molar-refractivity contribution < 1.29 is 0 Å². The molecule has 0 atom stereocenters. The number of fused-ring (bicyclic) bond motifs is 1. The number of thiophene rings is 1. The van der Waals surface area contributed by atoms with Crippen molar-refractivity contribution in [2.24, 2.45) is 0 Å². The van der Waals surface area contributed by atoms with Gasteiger partial charge in [0.1, 0.15) is 5.82 Å². The van der Waals surface area contributed by atoms with Crippen molar-refractivity contribution in [2.75, 3.05) is 5.32 Å². The lowest BCUT2D eigenvalue weighted by Crippen LogP contribution is -1.97. The van der Waals surface area contributed by atoms with E-state index in [1.165, 1.54) is 0 Å². The van der Waals surface area contributed by atoms with Crippen LogP contribution in [0.4, 0.5) is 11.5 Å². The number of aromatic nitrogens is 3. The Hall–Kier alpha value is -2.37. The van der Waals surface area contributed by atoms with E-state index in [-0.39, 0.29) is 0 Å². The van der Waals surface area contributed by atoms with E-state index in [1.807, 2.05) is 54.2 Å². The van der Waals surface area contributed by atoms with Crippen LogP contribution in [0.15, 0.2) is 60.2 Å². The molecule has 3 heterocycles. The lowest BCUT2D eigenvalue weighted by atomic mass is 10.3. The Kier molecular flexibility index (Phi) is 3.29. The molecular weight excluding hydrogens is 316 g/mol. The second-order valence-corrected chi connectivity index (χ2v) is 6.14. The average molecular weight is 327 g/mol. The smallest absolute Gasteiger partial charge is 0.165 e. The lowest BCUT2D eigenvalue weighted by Gasteiger charge is -2.06. The molecule has 0 saturated heterocycles. The third kappa shape index (κ3) is 2.45. The topological polar surface area (TPSA) is 42.2 Å². The maximum atomic E-state index is 6.01. The molecule has 0 aliphatic heterocycles. The molecule has 1 aromatic carbocycles. The molecule has 22 heavy (non-hydrogen) atoms. The highest BCUT2D eigenvalue weighted by atomic mass is 35.5. The summed E-state index contributed by atoms with van der Waals surface area (Å²) >= 11 is 7.68. The summed E-state index contributed by atoms with van der Waals surface area (Å²) in [6, 6.07) is 13.5. The van der Waals surface area contributed by atoms with Crippen LogP contribution in [-0.4, -0.2) is 14.6 Å². The molecule has 0 radical (unpaired) electrons. The lowest BCUT2D eigenvalue weighted by molar-refractivity contribution is 0.941. The van der Waals surface area contributed by atoms with Crippen molar-refractivity contribution in [3.63, 3.8) is 0 Å². The standard InChI is InChI=1S/C16H11ClN4S/c17-11-3-1-4-12(9-11)19-15-6-7-21-16(20-15)13(10-18-21)14-5-2-8-22-14/h1-10H,(H,19,20). The molecule has 6 heteroatoms. The van der Waals surface area contributed by atoms with Crippen LogP contribution in [0.25, 0.3) is 16.1 Å². The maximum Gasteiger partial charge on any atom is 0.165 e. The van der Waals surface area contributed by atoms with E-state index in [0.717, 1.165) is 27.6 Å². The zero-order valence-corrected chi connectivity index (χ0v) is 13.0. The molecule has 4 rings (SSSR count). The van der Waals surface area contributed by atoms with E-state index in [9.17, 15) is 0 Å². The van der Waals surface area contributed by atoms with Crippen molar-refractivity contribution in [1.82, 2.24) is 14.6 Å². The van der Waals surface area contributed by atoms with E-state index >= 15 is 0 Å². The van der Waals surface area contributed by atoms with Crippen LogP contribution >= 0.6 is 22.9 Å². The van der Waals surface area contributed by atoms with Gasteiger partial charge in [-0.1, -0.05) is 23.7 Å². The van der Waals surface area contributed by atoms with Gasteiger partial charge in [0.15, 0.2) is 5.65 Å². The molecule has 0 bridgehead atoms. The number of hydrogen-bond donors (Lipinski definition) is 1. The molecule has 4 aromatic rings. The predicted octanol–water partition coefficient (Wildman–Crippen LogP) is 4.85. The minimum Gasteiger partial charge on any atom is -0.340 e. The van der Waals surface area contributed by atoms with Crippen LogP contribution in [0, 0.1) is 0 Å². The number of halogens is 1. The van der Waals surface area contributed by atoms with Crippen molar-refractivity contribution in [3.05, 3.63) is 65.3 Å². The molecule has 0 amide bonds. The highest BCUT2D eigenvalue weighted by Gasteiger charge is 2.09. The first-order valence-corrected chi connectivity index (χ1v) is 7.96. The van der Waals surface area contributed by atoms with Crippen LogP contribution in [0.5, 0.6) is 0 Å². The van der Waals surface area contributed by atoms with E-state index in [0.29, 0.717) is 5.02 Å². The van der Waals surface area contributed by atoms with Gasteiger partial charge in [-0.15, -0.1) is 11.3 Å². The maximum absolute atomic E-state index is 6.01. The van der Waals surface area contributed by atoms with Crippen LogP contribution in [0.2, 0.25) is 5.02 Å². The summed E-state index contributed by atoms with van der Waals surface area (Å²) < 4.78 is 1.78. The summed E-state index contributed by atoms with van der Waals surface area (Å²) in [5, 5.41) is 10.4. The quantitative estimate of drug-likeness (QED) is 0.585. The number of anilines is 2. The van der Waals surface area contributed by atoms with E-state index in [1.54, 1.807) is 15.9 Å². The van der Waals surface area contributed by atoms with Gasteiger partial charge in [0.2, 0.25) is 0 Å². The van der Waals surface area contributed by atoms with Gasteiger partial charge in [-0.2, -0.15) is 5.10 Å². The molecular formula is C16H11ClN4S. The van der Waals surface area contributed by atoms with Gasteiger partial charge in [-0.05, 0) is 35.7 Å². The molecule has 0 fully saturated rings. The number of nitrogens with zero attached hydrogens (tertiary/aromatic N) is 3. The van der Waals surface area contributed by atoms with Gasteiger partial charge in [-0.3, -0.25) is 0 Å². The summed E-state index contributed by atoms with van der Waals surface area (Å²) in [6.07, 6.45) is 3.74. The van der Waals surface area contributed by atoms with Crippen LogP contribution in [-0.2, 0) is 0 Å². The highest BCUT2D eigenvalue weighted by molar-refractivity contribution is 7.13. The Labute approximate surface area is 136 Å². The summed E-state index contributed by atoms with van der Waals surface area (Å²) in [6.45, 7) is 0. The largest absolute Gasteiger partial charge is 0.340 e. The van der Waals surface area contributed by atoms with Crippen molar-refractivity contribution >= 4 is 40.1 Å². The SMILES string of the molecule is Clc1cccc(Nc2ccn3ncc(-c4cccs4)c3n2)c1. The van der Waals surface area contributed by atoms with Crippen LogP contribution < -0.4 is 5.32 Å². The van der Waals surface area contributed by atoms with Gasteiger partial charge in [0.05, 0.1) is 11.8 Å². The first-order chi connectivity index (χ1) is 10.8. The van der Waals surface area contributed by atoms with Gasteiger partial charge in [-0.25, -0.2) is 9.50 Å². The molecule has 0 spiro atoms. The Bertz CT molecular complexity index is 930. The second kappa shape index (κ2) is 5.44. The van der Waals surface area contributed by atoms with Crippen LogP contribution in [0.3, 0.4) is 0 Å². The minimum atomic E-state index is 0.690. The Morgan fingerprint density at radius 3 is 2.91 bits per heavy atom. The Balaban J connectivity index is 1.75. The Morgan fingerprint density at radius 1 is 1.14 bits per heavy atom. The van der Waals surface area contributed by atoms with E-state index in [4.69, 9.17) is 11.6 Å². The second-order valence-electron chi connectivity index (χ2n) is 4.75. The summed E-state index contributed by atoms with van der Waals surface area (Å²) in [5.41, 5.74) is 2.76. The van der Waals surface area contributed by atoms with E-state index < -0.39 is 0 Å². The van der Waals surface area contributed by atoms with Gasteiger partial charge in [0, 0.05) is 21.8 Å². The van der Waals surface area contributed by atoms with Crippen molar-refractivity contribution in [3.8, 4) is 10.4 Å². The van der Waals surface area contributed by atoms with Crippen molar-refractivity contribution in [1.29, 1.82) is 0 Å². The summed E-state index contributed by atoms with van der Waals surface area (Å²) in [7, 11) is 0. The molecule has 4 nitrogen and oxygen atoms in total. The number of nitrogens with one attached hydrogen (secondary N) is 1. The third-order valence-corrected chi connectivity index (χ3v) is 4.39. The fraction of sp³-hybridized carbons (Fsp3) is 0. The number of benzene rings is 1. The Morgan fingerprint density at radius 2 is 2.09 bits per heavy atom. The summed E-state index contributed by atoms with van der Waals surface area (Å²) in [4.78, 5) is 5.82. The van der Waals surface area contributed by atoms with Crippen molar-refractivity contribution in [2.45, 2.75) is 0 Å². The monoisotopic (exact) mass is 326 g/mol. The average Bonchev–Trinajstić information content (AvgIpc) is 3.15. The molecule has 1 N–H and O–H groups in total. The third-order valence-electron chi connectivity index (χ3n) is 3.25. The van der Waals surface area contributed by atoms with E-state index in [2.05, 4.69) is 21.5 Å². The molecule has 0 unspecified atom stereocenters. The zero-order valence-electron chi connectivity index (χ0n) is 11.4. The molecule has 0 aliphatic carbocycles. The fourth-order valence-electron chi connectivity index (χ4n) is 2.26. The van der Waals surface area contributed by atoms with Gasteiger partial charge < -0.3 is 5.32 Å². The zero-order chi connectivity index (χ0) is 14.9.